The van der Waals surface area contributed by atoms with Gasteiger partial charge in [-0.1, -0.05) is 13.2 Å². The maximum absolute atomic E-state index is 4.71. The molecule has 0 rings (SSSR count). The number of allylic oxidation sites excluding steroid dienone is 3. The fourth-order valence-electron chi connectivity index (χ4n) is 0.277. The van der Waals surface area contributed by atoms with Gasteiger partial charge in [0.15, 0.2) is 6.79 Å². The van der Waals surface area contributed by atoms with Crippen molar-refractivity contribution in [3.63, 3.8) is 0 Å². The van der Waals surface area contributed by atoms with Crippen LogP contribution >= 0.6 is 0 Å². The van der Waals surface area contributed by atoms with Crippen LogP contribution in [-0.4, -0.2) is 13.9 Å². The van der Waals surface area contributed by atoms with E-state index in [0.717, 1.165) is 0 Å². The average molecular weight is 134 g/mol. The smallest absolute Gasteiger partial charge is 0.573 e. The normalized spacial score (nSPS) is 10.2. The predicted octanol–water partition coefficient (Wildman–Crippen LogP) is -1.50. The molecule has 0 radical (unpaired) electrons. The Morgan fingerprint density at radius 3 is 2.70 bits per heavy atom. The van der Waals surface area contributed by atoms with Crippen LogP contribution in [0, 0.1) is 6.26 Å². The Labute approximate surface area is 74.1 Å². The summed E-state index contributed by atoms with van der Waals surface area (Å²) < 4.78 is 9.30. The maximum Gasteiger partial charge on any atom is 1.00 e. The number of rotatable bonds is 4. The molecule has 3 heteroatoms. The van der Waals surface area contributed by atoms with Crippen LogP contribution in [0.4, 0.5) is 0 Å². The molecule has 52 valence electrons. The molecule has 0 aromatic rings. The van der Waals surface area contributed by atoms with E-state index in [-0.39, 0.29) is 25.7 Å². The first-order valence-corrected chi connectivity index (χ1v) is 2.72. The van der Waals surface area contributed by atoms with Gasteiger partial charge in [-0.2, -0.15) is 12.2 Å². The summed E-state index contributed by atoms with van der Waals surface area (Å²) in [5.41, 5.74) is 0. The van der Waals surface area contributed by atoms with Crippen LogP contribution in [0.1, 0.15) is 6.92 Å². The number of hydrogen-bond acceptors (Lipinski definition) is 2. The largest absolute Gasteiger partial charge is 1.00 e. The van der Waals surface area contributed by atoms with Crippen LogP contribution in [0.2, 0.25) is 0 Å². The van der Waals surface area contributed by atoms with E-state index in [4.69, 9.17) is 4.74 Å². The van der Waals surface area contributed by atoms with Crippen molar-refractivity contribution < 1.29 is 28.3 Å². The van der Waals surface area contributed by atoms with Crippen LogP contribution in [0.25, 0.3) is 0 Å². The first-order valence-electron chi connectivity index (χ1n) is 2.72. The zero-order valence-electron chi connectivity index (χ0n) is 6.76. The zero-order valence-corrected chi connectivity index (χ0v) is 6.76. The first kappa shape index (κ1) is 12.5. The van der Waals surface area contributed by atoms with Gasteiger partial charge in [0.1, 0.15) is 0 Å². The Balaban J connectivity index is 0. The van der Waals surface area contributed by atoms with Crippen LogP contribution in [-0.2, 0) is 9.47 Å². The summed E-state index contributed by atoms with van der Waals surface area (Å²) in [5.74, 6) is 0. The Bertz CT molecular complexity index is 99.8. The summed E-state index contributed by atoms with van der Waals surface area (Å²) >= 11 is 0. The molecule has 0 aromatic carbocycles. The van der Waals surface area contributed by atoms with Crippen LogP contribution < -0.4 is 18.9 Å². The molecule has 0 saturated carbocycles. The molecule has 0 aliphatic rings. The van der Waals surface area contributed by atoms with Crippen molar-refractivity contribution in [2.24, 2.45) is 0 Å². The molecule has 0 aromatic heterocycles. The molecule has 2 nitrogen and oxygen atoms in total. The molecular formula is C7H11LiO2. The number of ether oxygens (including phenoxy) is 2. The quantitative estimate of drug-likeness (QED) is 0.116. The summed E-state index contributed by atoms with van der Waals surface area (Å²) in [5, 5.41) is 0. The van der Waals surface area contributed by atoms with E-state index in [0.29, 0.717) is 0 Å². The van der Waals surface area contributed by atoms with Gasteiger partial charge in [0.25, 0.3) is 0 Å². The third-order valence-electron chi connectivity index (χ3n) is 0.617. The molecule has 0 N–H and O–H groups in total. The molecular weight excluding hydrogens is 123 g/mol. The van der Waals surface area contributed by atoms with Crippen LogP contribution in [0.15, 0.2) is 18.2 Å². The molecule has 10 heavy (non-hydrogen) atoms. The van der Waals surface area contributed by atoms with Crippen molar-refractivity contribution in [1.82, 2.24) is 0 Å². The topological polar surface area (TPSA) is 18.5 Å². The number of methoxy groups -OCH3 is 1. The van der Waals surface area contributed by atoms with Gasteiger partial charge in [-0.25, -0.2) is 6.08 Å². The zero-order chi connectivity index (χ0) is 6.95. The minimum absolute atomic E-state index is 0. The summed E-state index contributed by atoms with van der Waals surface area (Å²) in [7, 11) is 1.57. The van der Waals surface area contributed by atoms with E-state index in [9.17, 15) is 0 Å². The number of hydrogen-bond donors (Lipinski definition) is 0. The molecule has 0 amide bonds. The fraction of sp³-hybridized carbons (Fsp3) is 0.429. The van der Waals surface area contributed by atoms with E-state index in [1.54, 1.807) is 13.2 Å². The van der Waals surface area contributed by atoms with Crippen molar-refractivity contribution >= 4 is 0 Å². The fourth-order valence-corrected chi connectivity index (χ4v) is 0.277. The van der Waals surface area contributed by atoms with E-state index in [1.165, 1.54) is 0 Å². The van der Waals surface area contributed by atoms with E-state index >= 15 is 0 Å². The second-order valence-electron chi connectivity index (χ2n) is 1.36. The predicted molar refractivity (Wildman–Crippen MR) is 35.6 cm³/mol. The van der Waals surface area contributed by atoms with Gasteiger partial charge in [0.05, 0.1) is 0 Å². The molecule has 0 atom stereocenters. The Morgan fingerprint density at radius 2 is 2.20 bits per heavy atom. The van der Waals surface area contributed by atoms with Crippen LogP contribution in [0.5, 0.6) is 0 Å². The summed E-state index contributed by atoms with van der Waals surface area (Å²) in [4.78, 5) is 0. The maximum atomic E-state index is 4.71. The second kappa shape index (κ2) is 11.6. The monoisotopic (exact) mass is 134 g/mol. The van der Waals surface area contributed by atoms with Crippen molar-refractivity contribution in [3.05, 3.63) is 24.5 Å². The average Bonchev–Trinajstić information content (AvgIpc) is 1.89. The molecule has 0 aliphatic carbocycles. The van der Waals surface area contributed by atoms with Gasteiger partial charge >= 0.3 is 18.9 Å². The summed E-state index contributed by atoms with van der Waals surface area (Å²) in [6, 6.07) is 0. The van der Waals surface area contributed by atoms with Crippen LogP contribution in [0.3, 0.4) is 0 Å². The summed E-state index contributed by atoms with van der Waals surface area (Å²) in [6.07, 6.45) is 7.95. The van der Waals surface area contributed by atoms with Crippen molar-refractivity contribution in [2.45, 2.75) is 6.92 Å². The van der Waals surface area contributed by atoms with Gasteiger partial charge in [0, 0.05) is 7.11 Å². The Morgan fingerprint density at radius 1 is 1.50 bits per heavy atom. The molecule has 0 bridgehead atoms. The second-order valence-corrected chi connectivity index (χ2v) is 1.36. The van der Waals surface area contributed by atoms with Gasteiger partial charge in [-0.3, -0.25) is 0 Å². The van der Waals surface area contributed by atoms with Crippen molar-refractivity contribution in [3.8, 4) is 0 Å². The van der Waals surface area contributed by atoms with Crippen molar-refractivity contribution in [2.75, 3.05) is 13.9 Å². The molecule has 0 unspecified atom stereocenters. The van der Waals surface area contributed by atoms with E-state index in [1.807, 2.05) is 19.1 Å². The van der Waals surface area contributed by atoms with Gasteiger partial charge in [0.2, 0.25) is 0 Å². The van der Waals surface area contributed by atoms with E-state index in [2.05, 4.69) is 11.0 Å². The first-order chi connectivity index (χ1) is 4.41. The minimum atomic E-state index is 0. The van der Waals surface area contributed by atoms with Gasteiger partial charge in [-0.05, 0) is 0 Å². The third-order valence-corrected chi connectivity index (χ3v) is 0.617. The molecule has 0 fully saturated rings. The molecule has 0 aliphatic heterocycles. The summed E-state index contributed by atoms with van der Waals surface area (Å²) in [6.45, 7) is 2.18. The van der Waals surface area contributed by atoms with Crippen molar-refractivity contribution in [1.29, 1.82) is 0 Å². The standard InChI is InChI=1S/C7H11O2.Li/c1-3-4-5-6-9-7-8-2;/h3-5H,7H2,1-2H3;/q-1;+1/b4-3+;. The minimum Gasteiger partial charge on any atom is -0.573 e. The Hall–Kier alpha value is -0.163. The third kappa shape index (κ3) is 10.8. The Kier molecular flexibility index (Phi) is 14.5. The SMILES string of the molecule is C/C=C/C=[C-]OCOC.[Li+]. The molecule has 0 saturated heterocycles. The van der Waals surface area contributed by atoms with Gasteiger partial charge in [-0.15, -0.1) is 0 Å². The van der Waals surface area contributed by atoms with Gasteiger partial charge < -0.3 is 9.47 Å². The molecule has 0 spiro atoms. The van der Waals surface area contributed by atoms with E-state index < -0.39 is 0 Å². The molecule has 0 heterocycles.